The summed E-state index contributed by atoms with van der Waals surface area (Å²) in [6, 6.07) is 10.00. The maximum Gasteiger partial charge on any atom is 0.410 e. The Bertz CT molecular complexity index is 606. The summed E-state index contributed by atoms with van der Waals surface area (Å²) in [7, 11) is 1.76. The van der Waals surface area contributed by atoms with Crippen LogP contribution in [0.5, 0.6) is 0 Å². The minimum Gasteiger partial charge on any atom is -0.441 e. The Hall–Kier alpha value is -2.04. The molecule has 0 bridgehead atoms. The van der Waals surface area contributed by atoms with Crippen LogP contribution in [0.15, 0.2) is 30.3 Å². The topological polar surface area (TPSA) is 49.9 Å². The molecule has 1 aromatic rings. The molecule has 0 aliphatic carbocycles. The molecule has 2 saturated heterocycles. The molecule has 2 aliphatic heterocycles. The number of rotatable bonds is 3. The first-order valence-electron chi connectivity index (χ1n) is 8.70. The second-order valence-electron chi connectivity index (χ2n) is 7.36. The largest absolute Gasteiger partial charge is 0.441 e. The Morgan fingerprint density at radius 2 is 1.79 bits per heavy atom. The molecule has 2 fully saturated rings. The normalized spacial score (nSPS) is 21.2. The average molecular weight is 330 g/mol. The molecular formula is C19H26N2O3. The van der Waals surface area contributed by atoms with Crippen molar-refractivity contribution in [1.82, 2.24) is 9.80 Å². The fourth-order valence-corrected chi connectivity index (χ4v) is 3.86. The highest BCUT2D eigenvalue weighted by molar-refractivity contribution is 5.84. The van der Waals surface area contributed by atoms with Gasteiger partial charge in [0.15, 0.2) is 0 Å². The number of carbonyl (C=O) groups excluding carboxylic acids is 2. The number of likely N-dealkylation sites (N-methyl/N-ethyl adjacent to an activating group) is 1. The van der Waals surface area contributed by atoms with Crippen LogP contribution in [-0.4, -0.2) is 54.1 Å². The summed E-state index contributed by atoms with van der Waals surface area (Å²) >= 11 is 0. The Morgan fingerprint density at radius 3 is 2.29 bits per heavy atom. The Morgan fingerprint density at radius 1 is 1.17 bits per heavy atom. The van der Waals surface area contributed by atoms with E-state index in [1.165, 1.54) is 0 Å². The predicted octanol–water partition coefficient (Wildman–Crippen LogP) is 2.87. The van der Waals surface area contributed by atoms with Gasteiger partial charge in [-0.05, 0) is 11.5 Å². The molecule has 0 aromatic heterocycles. The number of piperidine rings is 1. The van der Waals surface area contributed by atoms with Crippen molar-refractivity contribution in [3.05, 3.63) is 35.9 Å². The molecule has 24 heavy (non-hydrogen) atoms. The maximum atomic E-state index is 13.1. The van der Waals surface area contributed by atoms with Gasteiger partial charge in [0.2, 0.25) is 5.91 Å². The lowest BCUT2D eigenvalue weighted by molar-refractivity contribution is -0.137. The number of hydrogen-bond acceptors (Lipinski definition) is 3. The standard InChI is InChI=1S/C19H26N2O3/c1-14(2)16(15-7-5-4-6-8-15)17(22)21-11-9-19(10-12-21)13-20(3)18(23)24-19/h4-8,14,16H,9-13H2,1-3H3/t16-/m0/s1. The molecule has 0 saturated carbocycles. The molecule has 0 unspecified atom stereocenters. The molecule has 5 heteroatoms. The highest BCUT2D eigenvalue weighted by Crippen LogP contribution is 2.34. The summed E-state index contributed by atoms with van der Waals surface area (Å²) in [4.78, 5) is 28.3. The van der Waals surface area contributed by atoms with Crippen molar-refractivity contribution in [2.24, 2.45) is 5.92 Å². The summed E-state index contributed by atoms with van der Waals surface area (Å²) in [5.74, 6) is 0.309. The predicted molar refractivity (Wildman–Crippen MR) is 91.7 cm³/mol. The second-order valence-corrected chi connectivity index (χ2v) is 7.36. The highest BCUT2D eigenvalue weighted by Gasteiger charge is 2.46. The molecule has 3 rings (SSSR count). The summed E-state index contributed by atoms with van der Waals surface area (Å²) in [5.41, 5.74) is 0.674. The molecule has 2 heterocycles. The van der Waals surface area contributed by atoms with Crippen LogP contribution in [0.1, 0.15) is 38.2 Å². The fraction of sp³-hybridized carbons (Fsp3) is 0.579. The number of amides is 2. The van der Waals surface area contributed by atoms with E-state index in [2.05, 4.69) is 13.8 Å². The third-order valence-electron chi connectivity index (χ3n) is 5.22. The smallest absolute Gasteiger partial charge is 0.410 e. The number of carbonyl (C=O) groups is 2. The summed E-state index contributed by atoms with van der Waals surface area (Å²) in [6.07, 6.45) is 1.18. The molecule has 2 amide bonds. The number of benzene rings is 1. The average Bonchev–Trinajstić information content (AvgIpc) is 2.82. The van der Waals surface area contributed by atoms with E-state index in [0.29, 0.717) is 32.5 Å². The van der Waals surface area contributed by atoms with E-state index in [0.717, 1.165) is 5.56 Å². The lowest BCUT2D eigenvalue weighted by Gasteiger charge is -2.39. The van der Waals surface area contributed by atoms with Crippen LogP contribution < -0.4 is 0 Å². The van der Waals surface area contributed by atoms with Gasteiger partial charge in [0.25, 0.3) is 0 Å². The minimum absolute atomic E-state index is 0.117. The maximum absolute atomic E-state index is 13.1. The molecule has 5 nitrogen and oxygen atoms in total. The molecule has 1 aromatic carbocycles. The third-order valence-corrected chi connectivity index (χ3v) is 5.22. The van der Waals surface area contributed by atoms with E-state index in [1.54, 1.807) is 11.9 Å². The van der Waals surface area contributed by atoms with Gasteiger partial charge in [0, 0.05) is 33.0 Å². The first kappa shape index (κ1) is 16.8. The molecule has 0 radical (unpaired) electrons. The number of hydrogen-bond donors (Lipinski definition) is 0. The van der Waals surface area contributed by atoms with Crippen LogP contribution in [0.25, 0.3) is 0 Å². The minimum atomic E-state index is -0.400. The van der Waals surface area contributed by atoms with Gasteiger partial charge in [0.1, 0.15) is 5.60 Å². The third kappa shape index (κ3) is 3.12. The second kappa shape index (κ2) is 6.46. The van der Waals surface area contributed by atoms with Gasteiger partial charge in [-0.25, -0.2) is 4.79 Å². The van der Waals surface area contributed by atoms with E-state index in [9.17, 15) is 9.59 Å². The SMILES string of the molecule is CC(C)[C@H](C(=O)N1CCC2(CC1)CN(C)C(=O)O2)c1ccccc1. The molecule has 130 valence electrons. The summed E-state index contributed by atoms with van der Waals surface area (Å²) in [5, 5.41) is 0. The molecule has 0 N–H and O–H groups in total. The fourth-order valence-electron chi connectivity index (χ4n) is 3.86. The number of likely N-dealkylation sites (tertiary alicyclic amines) is 1. The van der Waals surface area contributed by atoms with E-state index in [-0.39, 0.29) is 23.8 Å². The van der Waals surface area contributed by atoms with Crippen LogP contribution in [0.3, 0.4) is 0 Å². The van der Waals surface area contributed by atoms with Crippen LogP contribution in [0.2, 0.25) is 0 Å². The Labute approximate surface area is 143 Å². The number of ether oxygens (including phenoxy) is 1. The quantitative estimate of drug-likeness (QED) is 0.856. The lowest BCUT2D eigenvalue weighted by atomic mass is 9.85. The van der Waals surface area contributed by atoms with Crippen molar-refractivity contribution in [2.45, 2.75) is 38.2 Å². The van der Waals surface area contributed by atoms with Crippen LogP contribution in [0.4, 0.5) is 4.79 Å². The van der Waals surface area contributed by atoms with E-state index in [1.807, 2.05) is 35.2 Å². The van der Waals surface area contributed by atoms with Crippen molar-refractivity contribution >= 4 is 12.0 Å². The van der Waals surface area contributed by atoms with Crippen LogP contribution in [-0.2, 0) is 9.53 Å². The van der Waals surface area contributed by atoms with Gasteiger partial charge in [-0.2, -0.15) is 0 Å². The zero-order valence-electron chi connectivity index (χ0n) is 14.7. The van der Waals surface area contributed by atoms with E-state index in [4.69, 9.17) is 4.74 Å². The zero-order chi connectivity index (χ0) is 17.3. The van der Waals surface area contributed by atoms with Gasteiger partial charge in [-0.15, -0.1) is 0 Å². The van der Waals surface area contributed by atoms with Crippen molar-refractivity contribution in [3.63, 3.8) is 0 Å². The zero-order valence-corrected chi connectivity index (χ0v) is 14.7. The van der Waals surface area contributed by atoms with Gasteiger partial charge < -0.3 is 14.5 Å². The molecule has 2 aliphatic rings. The monoisotopic (exact) mass is 330 g/mol. The molecular weight excluding hydrogens is 304 g/mol. The Balaban J connectivity index is 1.69. The van der Waals surface area contributed by atoms with Crippen LogP contribution >= 0.6 is 0 Å². The van der Waals surface area contributed by atoms with Gasteiger partial charge in [-0.1, -0.05) is 44.2 Å². The van der Waals surface area contributed by atoms with Gasteiger partial charge in [-0.3, -0.25) is 4.79 Å². The van der Waals surface area contributed by atoms with E-state index >= 15 is 0 Å². The first-order chi connectivity index (χ1) is 11.4. The lowest BCUT2D eigenvalue weighted by Crippen LogP contribution is -2.50. The van der Waals surface area contributed by atoms with Crippen molar-refractivity contribution < 1.29 is 14.3 Å². The summed E-state index contributed by atoms with van der Waals surface area (Å²) in [6.45, 7) is 6.11. The Kier molecular flexibility index (Phi) is 4.52. The highest BCUT2D eigenvalue weighted by atomic mass is 16.6. The van der Waals surface area contributed by atoms with Crippen molar-refractivity contribution in [2.75, 3.05) is 26.7 Å². The number of nitrogens with zero attached hydrogens (tertiary/aromatic N) is 2. The van der Waals surface area contributed by atoms with Crippen molar-refractivity contribution in [3.8, 4) is 0 Å². The van der Waals surface area contributed by atoms with E-state index < -0.39 is 5.60 Å². The van der Waals surface area contributed by atoms with Crippen LogP contribution in [0, 0.1) is 5.92 Å². The van der Waals surface area contributed by atoms with Gasteiger partial charge in [0.05, 0.1) is 12.5 Å². The summed E-state index contributed by atoms with van der Waals surface area (Å²) < 4.78 is 5.57. The van der Waals surface area contributed by atoms with Gasteiger partial charge >= 0.3 is 6.09 Å². The van der Waals surface area contributed by atoms with Crippen molar-refractivity contribution in [1.29, 1.82) is 0 Å². The molecule has 1 spiro atoms. The first-order valence-corrected chi connectivity index (χ1v) is 8.70. The molecule has 1 atom stereocenters.